The van der Waals surface area contributed by atoms with Crippen molar-refractivity contribution in [2.24, 2.45) is 0 Å². The zero-order valence-electron chi connectivity index (χ0n) is 17.6. The van der Waals surface area contributed by atoms with Gasteiger partial charge in [0.15, 0.2) is 0 Å². The molecule has 0 unspecified atom stereocenters. The fourth-order valence-corrected chi connectivity index (χ4v) is 3.53. The van der Waals surface area contributed by atoms with Crippen LogP contribution in [0.1, 0.15) is 35.7 Å². The topological polar surface area (TPSA) is 39.7 Å². The Kier molecular flexibility index (Phi) is 7.82. The SMILES string of the molecule is CCCCN(C)C(=O)c1cncc(N2CCN(C/C=C/c3ccccc3)CC2)c1. The van der Waals surface area contributed by atoms with Crippen molar-refractivity contribution >= 4 is 17.7 Å². The minimum Gasteiger partial charge on any atom is -0.368 e. The normalized spacial score (nSPS) is 15.0. The van der Waals surface area contributed by atoms with E-state index >= 15 is 0 Å². The van der Waals surface area contributed by atoms with E-state index in [1.165, 1.54) is 5.56 Å². The molecule has 0 spiro atoms. The molecule has 0 aliphatic carbocycles. The molecule has 0 bridgehead atoms. The molecule has 1 amide bonds. The Hall–Kier alpha value is -2.66. The third-order valence-electron chi connectivity index (χ3n) is 5.38. The average Bonchev–Trinajstić information content (AvgIpc) is 2.78. The molecule has 1 fully saturated rings. The van der Waals surface area contributed by atoms with Gasteiger partial charge in [0.05, 0.1) is 17.4 Å². The third kappa shape index (κ3) is 6.16. The lowest BCUT2D eigenvalue weighted by molar-refractivity contribution is 0.0793. The maximum Gasteiger partial charge on any atom is 0.255 e. The number of piperazine rings is 1. The molecule has 1 saturated heterocycles. The summed E-state index contributed by atoms with van der Waals surface area (Å²) in [6.07, 6.45) is 10.1. The Morgan fingerprint density at radius 1 is 1.14 bits per heavy atom. The van der Waals surface area contributed by atoms with Crippen molar-refractivity contribution in [3.05, 3.63) is 66.0 Å². The minimum atomic E-state index is 0.0532. The van der Waals surface area contributed by atoms with E-state index in [0.717, 1.165) is 57.8 Å². The zero-order valence-corrected chi connectivity index (χ0v) is 17.6. The fourth-order valence-electron chi connectivity index (χ4n) is 3.53. The van der Waals surface area contributed by atoms with Gasteiger partial charge in [0.25, 0.3) is 5.91 Å². The van der Waals surface area contributed by atoms with Crippen LogP contribution in [-0.2, 0) is 0 Å². The Labute approximate surface area is 174 Å². The Bertz CT molecular complexity index is 798. The molecule has 2 aromatic rings. The van der Waals surface area contributed by atoms with Crippen LogP contribution in [0.2, 0.25) is 0 Å². The number of unbranched alkanes of at least 4 members (excludes halogenated alkanes) is 1. The lowest BCUT2D eigenvalue weighted by Gasteiger charge is -2.35. The fraction of sp³-hybridized carbons (Fsp3) is 0.417. The van der Waals surface area contributed by atoms with Gasteiger partial charge in [-0.25, -0.2) is 0 Å². The highest BCUT2D eigenvalue weighted by molar-refractivity contribution is 5.94. The summed E-state index contributed by atoms with van der Waals surface area (Å²) in [6.45, 7) is 7.80. The number of anilines is 1. The number of nitrogens with zero attached hydrogens (tertiary/aromatic N) is 4. The van der Waals surface area contributed by atoms with Crippen molar-refractivity contribution in [2.75, 3.05) is 51.2 Å². The van der Waals surface area contributed by atoms with Gasteiger partial charge >= 0.3 is 0 Å². The van der Waals surface area contributed by atoms with Gasteiger partial charge in [-0.2, -0.15) is 0 Å². The predicted octanol–water partition coefficient (Wildman–Crippen LogP) is 3.79. The van der Waals surface area contributed by atoms with Gasteiger partial charge in [-0.15, -0.1) is 0 Å². The van der Waals surface area contributed by atoms with E-state index in [1.54, 1.807) is 11.1 Å². The van der Waals surface area contributed by atoms with Crippen LogP contribution in [-0.4, -0.2) is 67.0 Å². The van der Waals surface area contributed by atoms with Crippen molar-refractivity contribution < 1.29 is 4.79 Å². The van der Waals surface area contributed by atoms with Gasteiger partial charge in [-0.05, 0) is 18.1 Å². The maximum absolute atomic E-state index is 12.6. The molecular weight excluding hydrogens is 360 g/mol. The first kappa shape index (κ1) is 21.1. The van der Waals surface area contributed by atoms with Crippen molar-refractivity contribution in [3.63, 3.8) is 0 Å². The number of hydrogen-bond donors (Lipinski definition) is 0. The summed E-state index contributed by atoms with van der Waals surface area (Å²) in [4.78, 5) is 23.5. The van der Waals surface area contributed by atoms with Gasteiger partial charge in [-0.1, -0.05) is 55.8 Å². The van der Waals surface area contributed by atoms with E-state index in [0.29, 0.717) is 5.56 Å². The van der Waals surface area contributed by atoms with Gasteiger partial charge in [0.2, 0.25) is 0 Å². The summed E-state index contributed by atoms with van der Waals surface area (Å²) >= 11 is 0. The second-order valence-electron chi connectivity index (χ2n) is 7.61. The lowest BCUT2D eigenvalue weighted by Crippen LogP contribution is -2.46. The summed E-state index contributed by atoms with van der Waals surface area (Å²) < 4.78 is 0. The van der Waals surface area contributed by atoms with Crippen LogP contribution >= 0.6 is 0 Å². The first-order chi connectivity index (χ1) is 14.2. The Balaban J connectivity index is 1.51. The standard InChI is InChI=1S/C24H32N4O/c1-3-4-12-26(2)24(29)22-18-23(20-25-19-22)28-16-14-27(15-17-28)13-8-11-21-9-6-5-7-10-21/h5-11,18-20H,3-4,12-17H2,1-2H3/b11-8+. The molecule has 0 atom stereocenters. The van der Waals surface area contributed by atoms with Crippen molar-refractivity contribution in [1.29, 1.82) is 0 Å². The maximum atomic E-state index is 12.6. The monoisotopic (exact) mass is 392 g/mol. The number of pyridine rings is 1. The molecule has 5 nitrogen and oxygen atoms in total. The van der Waals surface area contributed by atoms with Crippen molar-refractivity contribution in [3.8, 4) is 0 Å². The molecular formula is C24H32N4O. The molecule has 2 heterocycles. The number of hydrogen-bond acceptors (Lipinski definition) is 4. The molecule has 5 heteroatoms. The highest BCUT2D eigenvalue weighted by atomic mass is 16.2. The number of carbonyl (C=O) groups is 1. The highest BCUT2D eigenvalue weighted by Crippen LogP contribution is 2.18. The molecule has 3 rings (SSSR count). The van der Waals surface area contributed by atoms with Crippen LogP contribution in [0.5, 0.6) is 0 Å². The van der Waals surface area contributed by atoms with Crippen molar-refractivity contribution in [2.45, 2.75) is 19.8 Å². The molecule has 1 aromatic carbocycles. The predicted molar refractivity (Wildman–Crippen MR) is 120 cm³/mol. The van der Waals surface area contributed by atoms with E-state index in [1.807, 2.05) is 25.4 Å². The third-order valence-corrected chi connectivity index (χ3v) is 5.38. The first-order valence-corrected chi connectivity index (χ1v) is 10.6. The second kappa shape index (κ2) is 10.8. The number of carbonyl (C=O) groups excluding carboxylic acids is 1. The summed E-state index contributed by atoms with van der Waals surface area (Å²) in [6, 6.07) is 12.4. The van der Waals surface area contributed by atoms with Gasteiger partial charge in [-0.3, -0.25) is 14.7 Å². The lowest BCUT2D eigenvalue weighted by atomic mass is 10.2. The molecule has 1 aliphatic rings. The van der Waals surface area contributed by atoms with Gasteiger partial charge in [0, 0.05) is 52.5 Å². The summed E-state index contributed by atoms with van der Waals surface area (Å²) in [5.74, 6) is 0.0532. The van der Waals surface area contributed by atoms with Gasteiger partial charge in [0.1, 0.15) is 0 Å². The first-order valence-electron chi connectivity index (χ1n) is 10.6. The van der Waals surface area contributed by atoms with E-state index in [2.05, 4.69) is 58.1 Å². The molecule has 1 aromatic heterocycles. The zero-order chi connectivity index (χ0) is 20.5. The Morgan fingerprint density at radius 3 is 2.62 bits per heavy atom. The van der Waals surface area contributed by atoms with E-state index in [9.17, 15) is 4.79 Å². The van der Waals surface area contributed by atoms with Crippen LogP contribution in [0.3, 0.4) is 0 Å². The molecule has 0 radical (unpaired) electrons. The largest absolute Gasteiger partial charge is 0.368 e. The second-order valence-corrected chi connectivity index (χ2v) is 7.61. The molecule has 154 valence electrons. The average molecular weight is 393 g/mol. The minimum absolute atomic E-state index is 0.0532. The van der Waals surface area contributed by atoms with Crippen LogP contribution in [0.15, 0.2) is 54.9 Å². The van der Waals surface area contributed by atoms with E-state index < -0.39 is 0 Å². The highest BCUT2D eigenvalue weighted by Gasteiger charge is 2.18. The van der Waals surface area contributed by atoms with E-state index in [4.69, 9.17) is 0 Å². The Morgan fingerprint density at radius 2 is 1.90 bits per heavy atom. The number of benzene rings is 1. The van der Waals surface area contributed by atoms with Crippen LogP contribution in [0.25, 0.3) is 6.08 Å². The number of amides is 1. The summed E-state index contributed by atoms with van der Waals surface area (Å²) in [7, 11) is 1.87. The molecule has 29 heavy (non-hydrogen) atoms. The van der Waals surface area contributed by atoms with Crippen LogP contribution in [0.4, 0.5) is 5.69 Å². The quantitative estimate of drug-likeness (QED) is 0.685. The van der Waals surface area contributed by atoms with Gasteiger partial charge < -0.3 is 9.80 Å². The molecule has 1 aliphatic heterocycles. The van der Waals surface area contributed by atoms with Crippen LogP contribution < -0.4 is 4.90 Å². The smallest absolute Gasteiger partial charge is 0.255 e. The summed E-state index contributed by atoms with van der Waals surface area (Å²) in [5.41, 5.74) is 2.95. The molecule has 0 N–H and O–H groups in total. The van der Waals surface area contributed by atoms with Crippen LogP contribution in [0, 0.1) is 0 Å². The molecule has 0 saturated carbocycles. The van der Waals surface area contributed by atoms with Crippen molar-refractivity contribution in [1.82, 2.24) is 14.8 Å². The number of rotatable bonds is 8. The number of aromatic nitrogens is 1. The summed E-state index contributed by atoms with van der Waals surface area (Å²) in [5, 5.41) is 0. The van der Waals surface area contributed by atoms with E-state index in [-0.39, 0.29) is 5.91 Å².